The molecule has 0 aliphatic rings. The minimum atomic E-state index is 0.632. The summed E-state index contributed by atoms with van der Waals surface area (Å²) in [6.07, 6.45) is 2.57. The molecule has 0 saturated carbocycles. The molecule has 1 aromatic heterocycles. The van der Waals surface area contributed by atoms with Gasteiger partial charge in [0.25, 0.3) is 0 Å². The first-order valence-corrected chi connectivity index (χ1v) is 3.24. The van der Waals surface area contributed by atoms with E-state index in [0.717, 1.165) is 12.2 Å². The second-order valence-corrected chi connectivity index (χ2v) is 1.90. The first kappa shape index (κ1) is 6.92. The van der Waals surface area contributed by atoms with Crippen LogP contribution in [0.25, 0.3) is 0 Å². The molecule has 0 saturated heterocycles. The van der Waals surface area contributed by atoms with E-state index in [9.17, 15) is 0 Å². The monoisotopic (exact) mass is 138 g/mol. The molecule has 0 fully saturated rings. The van der Waals surface area contributed by atoms with Gasteiger partial charge in [-0.3, -0.25) is 0 Å². The molecule has 1 aromatic rings. The lowest BCUT2D eigenvalue weighted by atomic mass is 10.5. The van der Waals surface area contributed by atoms with Crippen molar-refractivity contribution in [1.29, 1.82) is 0 Å². The number of aryl methyl sites for hydroxylation is 1. The Labute approximate surface area is 59.5 Å². The van der Waals surface area contributed by atoms with Crippen molar-refractivity contribution in [2.24, 2.45) is 0 Å². The number of hydrogen-bond acceptors (Lipinski definition) is 3. The number of nitrogens with zero attached hydrogens (tertiary/aromatic N) is 4. The molecular formula is C6H10N4. The Morgan fingerprint density at radius 3 is 3.00 bits per heavy atom. The maximum Gasteiger partial charge on any atom is 0.174 e. The summed E-state index contributed by atoms with van der Waals surface area (Å²) in [5, 5.41) is 11.6. The second-order valence-electron chi connectivity index (χ2n) is 1.90. The number of hydrogen-bond donors (Lipinski definition) is 0. The molecule has 0 atom stereocenters. The van der Waals surface area contributed by atoms with Gasteiger partial charge in [0, 0.05) is 6.42 Å². The summed E-state index contributed by atoms with van der Waals surface area (Å²) in [5.41, 5.74) is 0. The van der Waals surface area contributed by atoms with Crippen LogP contribution >= 0.6 is 0 Å². The van der Waals surface area contributed by atoms with Gasteiger partial charge in [-0.25, -0.2) is 0 Å². The first-order valence-electron chi connectivity index (χ1n) is 3.24. The predicted molar refractivity (Wildman–Crippen MR) is 37.4 cm³/mol. The average Bonchev–Trinajstić information content (AvgIpc) is 2.37. The molecule has 0 aliphatic carbocycles. The van der Waals surface area contributed by atoms with E-state index >= 15 is 0 Å². The largest absolute Gasteiger partial charge is 0.174 e. The molecule has 0 N–H and O–H groups in total. The minimum Gasteiger partial charge on any atom is -0.160 e. The Morgan fingerprint density at radius 1 is 1.70 bits per heavy atom. The van der Waals surface area contributed by atoms with Gasteiger partial charge in [0.1, 0.15) is 0 Å². The van der Waals surface area contributed by atoms with Crippen molar-refractivity contribution in [3.63, 3.8) is 0 Å². The number of rotatable bonds is 3. The molecule has 0 unspecified atom stereocenters. The summed E-state index contributed by atoms with van der Waals surface area (Å²) in [6, 6.07) is 0. The minimum absolute atomic E-state index is 0.632. The normalized spacial score (nSPS) is 9.70. The van der Waals surface area contributed by atoms with Crippen molar-refractivity contribution in [1.82, 2.24) is 20.2 Å². The molecule has 4 heteroatoms. The summed E-state index contributed by atoms with van der Waals surface area (Å²) < 4.78 is 0. The third-order valence-corrected chi connectivity index (χ3v) is 1.10. The van der Waals surface area contributed by atoms with Gasteiger partial charge < -0.3 is 0 Å². The van der Waals surface area contributed by atoms with Crippen LogP contribution in [0.4, 0.5) is 0 Å². The molecule has 1 rings (SSSR count). The topological polar surface area (TPSA) is 43.6 Å². The van der Waals surface area contributed by atoms with Crippen LogP contribution in [-0.4, -0.2) is 20.2 Å². The lowest BCUT2D eigenvalue weighted by Crippen LogP contribution is -1.99. The van der Waals surface area contributed by atoms with Gasteiger partial charge in [0.05, 0.1) is 6.54 Å². The Bertz CT molecular complexity index is 215. The third-order valence-electron chi connectivity index (χ3n) is 1.10. The van der Waals surface area contributed by atoms with Crippen molar-refractivity contribution in [3.8, 4) is 0 Å². The molecule has 0 radical (unpaired) electrons. The van der Waals surface area contributed by atoms with Crippen LogP contribution in [0, 0.1) is 0 Å². The fraction of sp³-hybridized carbons (Fsp3) is 0.500. The zero-order chi connectivity index (χ0) is 7.40. The molecule has 10 heavy (non-hydrogen) atoms. The molecule has 0 amide bonds. The van der Waals surface area contributed by atoms with Crippen LogP contribution < -0.4 is 0 Å². The zero-order valence-electron chi connectivity index (χ0n) is 5.99. The van der Waals surface area contributed by atoms with Crippen molar-refractivity contribution in [3.05, 3.63) is 18.5 Å². The Hall–Kier alpha value is -1.19. The molecule has 4 nitrogen and oxygen atoms in total. The fourth-order valence-electron chi connectivity index (χ4n) is 0.611. The van der Waals surface area contributed by atoms with Crippen molar-refractivity contribution in [2.75, 3.05) is 0 Å². The summed E-state index contributed by atoms with van der Waals surface area (Å²) in [5.74, 6) is 0.779. The van der Waals surface area contributed by atoms with Crippen molar-refractivity contribution in [2.45, 2.75) is 19.9 Å². The van der Waals surface area contributed by atoms with Gasteiger partial charge in [0.2, 0.25) is 0 Å². The second kappa shape index (κ2) is 3.10. The highest BCUT2D eigenvalue weighted by Gasteiger charge is 1.95. The molecule has 0 aliphatic heterocycles. The number of tetrazole rings is 1. The molecule has 1 heterocycles. The molecule has 0 bridgehead atoms. The molecular weight excluding hydrogens is 128 g/mol. The highest BCUT2D eigenvalue weighted by Crippen LogP contribution is 1.86. The maximum atomic E-state index is 4.04. The zero-order valence-corrected chi connectivity index (χ0v) is 5.99. The summed E-state index contributed by atoms with van der Waals surface area (Å²) in [7, 11) is 0. The van der Waals surface area contributed by atoms with Crippen LogP contribution in [0.5, 0.6) is 0 Å². The standard InChI is InChI=1S/C6H10N4/c1-3-5-10-8-6(4-2)7-9-10/h3H,1,4-5H2,2H3. The van der Waals surface area contributed by atoms with Gasteiger partial charge in [-0.2, -0.15) is 4.80 Å². The summed E-state index contributed by atoms with van der Waals surface area (Å²) in [6.45, 7) is 6.19. The van der Waals surface area contributed by atoms with Crippen LogP contribution in [0.3, 0.4) is 0 Å². The lowest BCUT2D eigenvalue weighted by molar-refractivity contribution is 0.581. The van der Waals surface area contributed by atoms with Crippen LogP contribution in [0.1, 0.15) is 12.7 Å². The third kappa shape index (κ3) is 1.40. The highest BCUT2D eigenvalue weighted by atomic mass is 15.6. The van der Waals surface area contributed by atoms with E-state index in [1.54, 1.807) is 6.08 Å². The van der Waals surface area contributed by atoms with E-state index in [1.165, 1.54) is 4.80 Å². The van der Waals surface area contributed by atoms with E-state index in [4.69, 9.17) is 0 Å². The molecule has 0 aromatic carbocycles. The van der Waals surface area contributed by atoms with Gasteiger partial charge in [0.15, 0.2) is 5.82 Å². The predicted octanol–water partition coefficient (Wildman–Crippen LogP) is 0.421. The number of aromatic nitrogens is 4. The maximum absolute atomic E-state index is 4.04. The van der Waals surface area contributed by atoms with Crippen LogP contribution in [0.2, 0.25) is 0 Å². The summed E-state index contributed by atoms with van der Waals surface area (Å²) >= 11 is 0. The van der Waals surface area contributed by atoms with E-state index < -0.39 is 0 Å². The first-order chi connectivity index (χ1) is 4.86. The number of allylic oxidation sites excluding steroid dienone is 1. The van der Waals surface area contributed by atoms with Gasteiger partial charge in [-0.1, -0.05) is 13.0 Å². The molecule has 54 valence electrons. The Morgan fingerprint density at radius 2 is 2.50 bits per heavy atom. The van der Waals surface area contributed by atoms with Crippen molar-refractivity contribution >= 4 is 0 Å². The lowest BCUT2D eigenvalue weighted by Gasteiger charge is -1.86. The van der Waals surface area contributed by atoms with Gasteiger partial charge in [-0.15, -0.1) is 16.8 Å². The van der Waals surface area contributed by atoms with E-state index in [1.807, 2.05) is 6.92 Å². The Kier molecular flexibility index (Phi) is 2.15. The fourth-order valence-corrected chi connectivity index (χ4v) is 0.611. The van der Waals surface area contributed by atoms with E-state index in [-0.39, 0.29) is 0 Å². The van der Waals surface area contributed by atoms with Gasteiger partial charge >= 0.3 is 0 Å². The van der Waals surface area contributed by atoms with E-state index in [2.05, 4.69) is 22.0 Å². The van der Waals surface area contributed by atoms with Crippen LogP contribution in [0.15, 0.2) is 12.7 Å². The van der Waals surface area contributed by atoms with Crippen molar-refractivity contribution < 1.29 is 0 Å². The smallest absolute Gasteiger partial charge is 0.160 e. The summed E-state index contributed by atoms with van der Waals surface area (Å²) in [4.78, 5) is 1.52. The highest BCUT2D eigenvalue weighted by molar-refractivity contribution is 4.75. The quantitative estimate of drug-likeness (QED) is 0.568. The average molecular weight is 138 g/mol. The van der Waals surface area contributed by atoms with Crippen LogP contribution in [-0.2, 0) is 13.0 Å². The van der Waals surface area contributed by atoms with Gasteiger partial charge in [-0.05, 0) is 5.21 Å². The Balaban J connectivity index is 2.67. The SMILES string of the molecule is C=CCn1nnc(CC)n1. The van der Waals surface area contributed by atoms with E-state index in [0.29, 0.717) is 6.54 Å². The molecule has 0 spiro atoms.